The van der Waals surface area contributed by atoms with Crippen molar-refractivity contribution in [1.82, 2.24) is 15.0 Å². The topological polar surface area (TPSA) is 59.9 Å². The minimum Gasteiger partial charge on any atom is -0.487 e. The zero-order valence-corrected chi connectivity index (χ0v) is 15.5. The van der Waals surface area contributed by atoms with Crippen LogP contribution in [0, 0.1) is 6.92 Å². The van der Waals surface area contributed by atoms with E-state index in [4.69, 9.17) is 14.7 Å². The van der Waals surface area contributed by atoms with Gasteiger partial charge in [0.05, 0.1) is 0 Å². The number of pyridine rings is 1. The number of anilines is 2. The smallest absolute Gasteiger partial charge is 0.272 e. The van der Waals surface area contributed by atoms with Crippen molar-refractivity contribution in [1.29, 1.82) is 0 Å². The molecular formula is C21H20F2N4O. The molecule has 0 radical (unpaired) electrons. The number of alkyl halides is 2. The highest BCUT2D eigenvalue weighted by molar-refractivity contribution is 5.66. The fraction of sp³-hybridized carbons (Fsp3) is 0.286. The summed E-state index contributed by atoms with van der Waals surface area (Å²) in [6.07, 6.45) is 3.79. The molecular weight excluding hydrogens is 362 g/mol. The van der Waals surface area contributed by atoms with Crippen LogP contribution in [0.3, 0.4) is 0 Å². The predicted molar refractivity (Wildman–Crippen MR) is 103 cm³/mol. The van der Waals surface area contributed by atoms with Crippen LogP contribution in [0.1, 0.15) is 23.2 Å². The number of nitrogens with one attached hydrogen (secondary N) is 1. The third-order valence-corrected chi connectivity index (χ3v) is 4.67. The number of aryl methyl sites for hydroxylation is 2. The van der Waals surface area contributed by atoms with E-state index >= 15 is 0 Å². The van der Waals surface area contributed by atoms with E-state index in [1.807, 2.05) is 31.2 Å². The third kappa shape index (κ3) is 3.93. The number of hydrogen-bond acceptors (Lipinski definition) is 5. The van der Waals surface area contributed by atoms with Crippen LogP contribution in [0.25, 0.3) is 11.4 Å². The number of aromatic nitrogens is 3. The monoisotopic (exact) mass is 382 g/mol. The first-order chi connectivity index (χ1) is 13.6. The van der Waals surface area contributed by atoms with Gasteiger partial charge in [-0.15, -0.1) is 0 Å². The lowest BCUT2D eigenvalue weighted by Gasteiger charge is -2.14. The van der Waals surface area contributed by atoms with Gasteiger partial charge in [0, 0.05) is 41.0 Å². The molecule has 0 spiro atoms. The van der Waals surface area contributed by atoms with Crippen LogP contribution in [0.4, 0.5) is 20.3 Å². The minimum absolute atomic E-state index is 0.434. The van der Waals surface area contributed by atoms with Gasteiger partial charge in [0.1, 0.15) is 18.2 Å². The molecule has 3 aromatic rings. The molecule has 0 saturated heterocycles. The number of ether oxygens (including phenoxy) is 1. The van der Waals surface area contributed by atoms with E-state index in [1.54, 1.807) is 18.5 Å². The maximum Gasteiger partial charge on any atom is 0.272 e. The Morgan fingerprint density at radius 3 is 2.86 bits per heavy atom. The normalized spacial score (nSPS) is 12.9. The number of nitrogens with zero attached hydrogens (tertiary/aromatic N) is 3. The molecule has 144 valence electrons. The number of halogens is 2. The maximum absolute atomic E-state index is 12.5. The first-order valence-corrected chi connectivity index (χ1v) is 9.19. The molecule has 4 rings (SSSR count). The van der Waals surface area contributed by atoms with Crippen LogP contribution in [-0.2, 0) is 12.8 Å². The number of fused-ring (bicyclic) bond motifs is 1. The standard InChI is InChI=1S/C21H20F2N4O/c1-13-7-8-15(10-18(13)28-12-19(22)23)25-21-16-5-2-6-17(16)26-20(27-21)14-4-3-9-24-11-14/h3-4,7-11,19H,2,5-6,12H2,1H3,(H,25,26,27). The van der Waals surface area contributed by atoms with Crippen LogP contribution < -0.4 is 10.1 Å². The molecule has 2 heterocycles. The van der Waals surface area contributed by atoms with Crippen LogP contribution in [0.15, 0.2) is 42.7 Å². The van der Waals surface area contributed by atoms with E-state index in [0.29, 0.717) is 11.6 Å². The van der Waals surface area contributed by atoms with Crippen molar-refractivity contribution in [3.63, 3.8) is 0 Å². The van der Waals surface area contributed by atoms with Gasteiger partial charge in [0.15, 0.2) is 5.82 Å². The van der Waals surface area contributed by atoms with Crippen LogP contribution >= 0.6 is 0 Å². The molecule has 0 aliphatic heterocycles. The first-order valence-electron chi connectivity index (χ1n) is 9.19. The molecule has 5 nitrogen and oxygen atoms in total. The Morgan fingerprint density at radius 2 is 2.07 bits per heavy atom. The number of hydrogen-bond donors (Lipinski definition) is 1. The van der Waals surface area contributed by atoms with E-state index in [1.165, 1.54) is 0 Å². The maximum atomic E-state index is 12.5. The molecule has 1 aliphatic carbocycles. The van der Waals surface area contributed by atoms with Gasteiger partial charge in [0.2, 0.25) is 0 Å². The van der Waals surface area contributed by atoms with Gasteiger partial charge in [0.25, 0.3) is 6.43 Å². The summed E-state index contributed by atoms with van der Waals surface area (Å²) in [7, 11) is 0. The largest absolute Gasteiger partial charge is 0.487 e. The molecule has 0 fully saturated rings. The summed E-state index contributed by atoms with van der Waals surface area (Å²) in [4.78, 5) is 13.6. The van der Waals surface area contributed by atoms with Gasteiger partial charge in [-0.25, -0.2) is 18.7 Å². The molecule has 0 saturated carbocycles. The Morgan fingerprint density at radius 1 is 1.18 bits per heavy atom. The van der Waals surface area contributed by atoms with Crippen molar-refractivity contribution in [2.45, 2.75) is 32.6 Å². The minimum atomic E-state index is -2.51. The lowest BCUT2D eigenvalue weighted by atomic mass is 10.1. The summed E-state index contributed by atoms with van der Waals surface area (Å²) < 4.78 is 30.2. The average molecular weight is 382 g/mol. The highest BCUT2D eigenvalue weighted by Crippen LogP contribution is 2.32. The van der Waals surface area contributed by atoms with Crippen molar-refractivity contribution in [3.05, 3.63) is 59.5 Å². The molecule has 0 atom stereocenters. The van der Waals surface area contributed by atoms with Gasteiger partial charge in [-0.2, -0.15) is 0 Å². The summed E-state index contributed by atoms with van der Waals surface area (Å²) in [5.74, 6) is 1.80. The zero-order chi connectivity index (χ0) is 19.5. The Hall–Kier alpha value is -3.09. The quantitative estimate of drug-likeness (QED) is 0.668. The second kappa shape index (κ2) is 7.88. The van der Waals surface area contributed by atoms with Crippen molar-refractivity contribution in [2.24, 2.45) is 0 Å². The van der Waals surface area contributed by atoms with Crippen molar-refractivity contribution < 1.29 is 13.5 Å². The zero-order valence-electron chi connectivity index (χ0n) is 15.5. The van der Waals surface area contributed by atoms with Crippen LogP contribution in [0.2, 0.25) is 0 Å². The van der Waals surface area contributed by atoms with Gasteiger partial charge in [-0.05, 0) is 49.9 Å². The fourth-order valence-corrected chi connectivity index (χ4v) is 3.28. The lowest BCUT2D eigenvalue weighted by Crippen LogP contribution is -2.08. The number of rotatable bonds is 6. The molecule has 0 bridgehead atoms. The highest BCUT2D eigenvalue weighted by atomic mass is 19.3. The molecule has 2 aromatic heterocycles. The van der Waals surface area contributed by atoms with Gasteiger partial charge >= 0.3 is 0 Å². The summed E-state index contributed by atoms with van der Waals surface area (Å²) in [6, 6.07) is 9.23. The predicted octanol–water partition coefficient (Wildman–Crippen LogP) is 4.72. The Bertz CT molecular complexity index is 980. The van der Waals surface area contributed by atoms with E-state index in [9.17, 15) is 8.78 Å². The lowest BCUT2D eigenvalue weighted by molar-refractivity contribution is 0.0816. The molecule has 0 amide bonds. The van der Waals surface area contributed by atoms with Gasteiger partial charge < -0.3 is 10.1 Å². The van der Waals surface area contributed by atoms with Gasteiger partial charge in [-0.1, -0.05) is 6.07 Å². The van der Waals surface area contributed by atoms with E-state index < -0.39 is 13.0 Å². The van der Waals surface area contributed by atoms with Crippen LogP contribution in [0.5, 0.6) is 5.75 Å². The first kappa shape index (κ1) is 18.3. The summed E-state index contributed by atoms with van der Waals surface area (Å²) in [5.41, 5.74) is 4.53. The van der Waals surface area contributed by atoms with Crippen molar-refractivity contribution in [2.75, 3.05) is 11.9 Å². The van der Waals surface area contributed by atoms with Crippen molar-refractivity contribution >= 4 is 11.5 Å². The molecule has 7 heteroatoms. The third-order valence-electron chi connectivity index (χ3n) is 4.67. The van der Waals surface area contributed by atoms with Crippen molar-refractivity contribution in [3.8, 4) is 17.1 Å². The SMILES string of the molecule is Cc1ccc(Nc2nc(-c3cccnc3)nc3c2CCC3)cc1OCC(F)F. The average Bonchev–Trinajstić information content (AvgIpc) is 3.18. The number of benzene rings is 1. The Balaban J connectivity index is 1.66. The molecule has 28 heavy (non-hydrogen) atoms. The second-order valence-corrected chi connectivity index (χ2v) is 6.72. The highest BCUT2D eigenvalue weighted by Gasteiger charge is 2.20. The molecule has 1 aromatic carbocycles. The van der Waals surface area contributed by atoms with E-state index in [0.717, 1.165) is 53.2 Å². The molecule has 0 unspecified atom stereocenters. The summed E-state index contributed by atoms with van der Waals surface area (Å²) in [6.45, 7) is 1.20. The van der Waals surface area contributed by atoms with Crippen LogP contribution in [-0.4, -0.2) is 28.0 Å². The van der Waals surface area contributed by atoms with E-state index in [-0.39, 0.29) is 0 Å². The summed E-state index contributed by atoms with van der Waals surface area (Å²) >= 11 is 0. The summed E-state index contributed by atoms with van der Waals surface area (Å²) in [5, 5.41) is 3.33. The molecule has 1 aliphatic rings. The Kier molecular flexibility index (Phi) is 5.14. The Labute approximate surface area is 161 Å². The van der Waals surface area contributed by atoms with E-state index in [2.05, 4.69) is 10.3 Å². The molecule has 1 N–H and O–H groups in total. The fourth-order valence-electron chi connectivity index (χ4n) is 3.28. The van der Waals surface area contributed by atoms with Gasteiger partial charge in [-0.3, -0.25) is 4.98 Å². The second-order valence-electron chi connectivity index (χ2n) is 6.72.